The Morgan fingerprint density at radius 2 is 1.89 bits per heavy atom. The number of halogens is 1. The molecule has 3 fully saturated rings. The van der Waals surface area contributed by atoms with Crippen LogP contribution in [0.4, 0.5) is 5.82 Å². The molecule has 5 rings (SSSR count). The van der Waals surface area contributed by atoms with Crippen LogP contribution < -0.4 is 5.32 Å². The Morgan fingerprint density at radius 3 is 2.59 bits per heavy atom. The molecule has 0 aromatic carbocycles. The maximum atomic E-state index is 13.0. The van der Waals surface area contributed by atoms with Gasteiger partial charge in [-0.05, 0) is 67.9 Å². The average Bonchev–Trinajstić information content (AvgIpc) is 3.32. The standard InChI is InChI=1S/C21H29N3O2.ClH/c25-21(24-7-9-26-10-8-24)18-13-22-20(17-4-2-1-3-16(17)18)23-19-12-14-5-6-15(19)11-14;/h13-15,19H,1-12H2,(H,22,23);1H/t14-,15+,19+;/m0./s1. The average molecular weight is 392 g/mol. The van der Waals surface area contributed by atoms with Crippen molar-refractivity contribution in [2.45, 2.75) is 57.4 Å². The van der Waals surface area contributed by atoms with Crippen LogP contribution in [0.5, 0.6) is 0 Å². The summed E-state index contributed by atoms with van der Waals surface area (Å²) in [5.74, 6) is 2.97. The van der Waals surface area contributed by atoms with Gasteiger partial charge in [0.15, 0.2) is 0 Å². The molecule has 27 heavy (non-hydrogen) atoms. The van der Waals surface area contributed by atoms with Crippen LogP contribution in [0.25, 0.3) is 0 Å². The molecule has 1 aromatic rings. The first-order chi connectivity index (χ1) is 12.8. The Morgan fingerprint density at radius 1 is 1.11 bits per heavy atom. The van der Waals surface area contributed by atoms with E-state index >= 15 is 0 Å². The van der Waals surface area contributed by atoms with Gasteiger partial charge in [-0.15, -0.1) is 12.4 Å². The van der Waals surface area contributed by atoms with Gasteiger partial charge in [-0.1, -0.05) is 6.42 Å². The van der Waals surface area contributed by atoms with Crippen LogP contribution in [0.1, 0.15) is 60.0 Å². The zero-order chi connectivity index (χ0) is 17.5. The van der Waals surface area contributed by atoms with Crippen LogP contribution in [0.2, 0.25) is 0 Å². The lowest BCUT2D eigenvalue weighted by Gasteiger charge is -2.30. The van der Waals surface area contributed by atoms with Crippen molar-refractivity contribution >= 4 is 24.1 Å². The maximum Gasteiger partial charge on any atom is 0.255 e. The minimum absolute atomic E-state index is 0. The highest BCUT2D eigenvalue weighted by atomic mass is 35.5. The number of fused-ring (bicyclic) bond motifs is 3. The second kappa shape index (κ2) is 7.96. The number of amides is 1. The van der Waals surface area contributed by atoms with E-state index < -0.39 is 0 Å². The Hall–Kier alpha value is -1.33. The Bertz CT molecular complexity index is 705. The van der Waals surface area contributed by atoms with Gasteiger partial charge in [0.25, 0.3) is 5.91 Å². The van der Waals surface area contributed by atoms with Crippen molar-refractivity contribution in [2.24, 2.45) is 11.8 Å². The number of pyridine rings is 1. The van der Waals surface area contributed by atoms with Gasteiger partial charge in [0.05, 0.1) is 18.8 Å². The van der Waals surface area contributed by atoms with Crippen molar-refractivity contribution in [1.82, 2.24) is 9.88 Å². The number of hydrogen-bond acceptors (Lipinski definition) is 4. The fraction of sp³-hybridized carbons (Fsp3) is 0.714. The first-order valence-electron chi connectivity index (χ1n) is 10.4. The third kappa shape index (κ3) is 3.56. The van der Waals surface area contributed by atoms with Gasteiger partial charge in [-0.2, -0.15) is 0 Å². The van der Waals surface area contributed by atoms with Crippen molar-refractivity contribution in [3.8, 4) is 0 Å². The molecule has 1 aromatic heterocycles. The number of nitrogens with zero attached hydrogens (tertiary/aromatic N) is 2. The van der Waals surface area contributed by atoms with E-state index in [9.17, 15) is 4.79 Å². The van der Waals surface area contributed by atoms with Crippen LogP contribution in [0.3, 0.4) is 0 Å². The fourth-order valence-corrected chi connectivity index (χ4v) is 5.59. The number of anilines is 1. The number of carbonyl (C=O) groups is 1. The quantitative estimate of drug-likeness (QED) is 0.857. The Kier molecular flexibility index (Phi) is 5.60. The number of nitrogens with one attached hydrogen (secondary N) is 1. The summed E-state index contributed by atoms with van der Waals surface area (Å²) >= 11 is 0. The first kappa shape index (κ1) is 19.0. The summed E-state index contributed by atoms with van der Waals surface area (Å²) in [7, 11) is 0. The number of carbonyl (C=O) groups excluding carboxylic acids is 1. The molecule has 1 N–H and O–H groups in total. The molecule has 1 aliphatic heterocycles. The molecule has 3 atom stereocenters. The van der Waals surface area contributed by atoms with Crippen LogP contribution in [-0.4, -0.2) is 48.1 Å². The minimum atomic E-state index is 0. The van der Waals surface area contributed by atoms with E-state index in [1.165, 1.54) is 49.7 Å². The number of aromatic nitrogens is 1. The summed E-state index contributed by atoms with van der Waals surface area (Å²) in [4.78, 5) is 19.7. The van der Waals surface area contributed by atoms with E-state index in [-0.39, 0.29) is 18.3 Å². The Labute approximate surface area is 167 Å². The van der Waals surface area contributed by atoms with Crippen LogP contribution in [0, 0.1) is 11.8 Å². The number of rotatable bonds is 3. The SMILES string of the molecule is Cl.O=C(c1cnc(N[C@@H]2C[C@H]3CC[C@@H]2C3)c2c1CCCC2)N1CCOCC1. The highest BCUT2D eigenvalue weighted by Crippen LogP contribution is 2.46. The van der Waals surface area contributed by atoms with Gasteiger partial charge in [0.1, 0.15) is 5.82 Å². The van der Waals surface area contributed by atoms with E-state index in [4.69, 9.17) is 9.72 Å². The van der Waals surface area contributed by atoms with E-state index in [2.05, 4.69) is 5.32 Å². The predicted octanol–water partition coefficient (Wildman–Crippen LogP) is 3.46. The molecule has 4 aliphatic rings. The molecule has 1 saturated heterocycles. The second-order valence-electron chi connectivity index (χ2n) is 8.51. The summed E-state index contributed by atoms with van der Waals surface area (Å²) < 4.78 is 5.40. The lowest BCUT2D eigenvalue weighted by atomic mass is 9.88. The number of hydrogen-bond donors (Lipinski definition) is 1. The summed E-state index contributed by atoms with van der Waals surface area (Å²) in [6, 6.07) is 0.591. The van der Waals surface area contributed by atoms with Crippen molar-refractivity contribution in [3.05, 3.63) is 22.9 Å². The molecule has 2 saturated carbocycles. The van der Waals surface area contributed by atoms with E-state index in [0.29, 0.717) is 32.3 Å². The molecule has 6 heteroatoms. The molecule has 2 heterocycles. The predicted molar refractivity (Wildman–Crippen MR) is 108 cm³/mol. The highest BCUT2D eigenvalue weighted by Gasteiger charge is 2.40. The zero-order valence-corrected chi connectivity index (χ0v) is 16.7. The third-order valence-corrected chi connectivity index (χ3v) is 6.99. The zero-order valence-electron chi connectivity index (χ0n) is 15.9. The molecule has 0 unspecified atom stereocenters. The molecular formula is C21H30ClN3O2. The summed E-state index contributed by atoms with van der Waals surface area (Å²) in [5, 5.41) is 3.79. The molecule has 2 bridgehead atoms. The van der Waals surface area contributed by atoms with Gasteiger partial charge >= 0.3 is 0 Å². The molecule has 0 radical (unpaired) electrons. The van der Waals surface area contributed by atoms with E-state index in [1.54, 1.807) is 0 Å². The highest BCUT2D eigenvalue weighted by molar-refractivity contribution is 5.96. The fourth-order valence-electron chi connectivity index (χ4n) is 5.59. The number of ether oxygens (including phenoxy) is 1. The third-order valence-electron chi connectivity index (χ3n) is 6.99. The summed E-state index contributed by atoms with van der Waals surface area (Å²) in [5.41, 5.74) is 3.41. The minimum Gasteiger partial charge on any atom is -0.378 e. The summed E-state index contributed by atoms with van der Waals surface area (Å²) in [6.45, 7) is 2.67. The van der Waals surface area contributed by atoms with Gasteiger partial charge in [-0.3, -0.25) is 4.79 Å². The maximum absolute atomic E-state index is 13.0. The van der Waals surface area contributed by atoms with Gasteiger partial charge in [0.2, 0.25) is 0 Å². The lowest BCUT2D eigenvalue weighted by molar-refractivity contribution is 0.0301. The van der Waals surface area contributed by atoms with E-state index in [1.807, 2.05) is 11.1 Å². The molecule has 148 valence electrons. The second-order valence-corrected chi connectivity index (χ2v) is 8.51. The molecule has 0 spiro atoms. The van der Waals surface area contributed by atoms with Crippen LogP contribution in [0.15, 0.2) is 6.20 Å². The molecule has 3 aliphatic carbocycles. The monoisotopic (exact) mass is 391 g/mol. The largest absolute Gasteiger partial charge is 0.378 e. The van der Waals surface area contributed by atoms with Gasteiger partial charge in [0, 0.05) is 25.3 Å². The van der Waals surface area contributed by atoms with Gasteiger partial charge in [-0.25, -0.2) is 4.98 Å². The van der Waals surface area contributed by atoms with Crippen LogP contribution in [-0.2, 0) is 17.6 Å². The lowest BCUT2D eigenvalue weighted by Crippen LogP contribution is -2.41. The van der Waals surface area contributed by atoms with Crippen molar-refractivity contribution in [3.63, 3.8) is 0 Å². The summed E-state index contributed by atoms with van der Waals surface area (Å²) in [6.07, 6.45) is 11.8. The van der Waals surface area contributed by atoms with Gasteiger partial charge < -0.3 is 15.0 Å². The van der Waals surface area contributed by atoms with Crippen molar-refractivity contribution in [2.75, 3.05) is 31.6 Å². The number of morpholine rings is 1. The van der Waals surface area contributed by atoms with E-state index in [0.717, 1.165) is 36.1 Å². The van der Waals surface area contributed by atoms with Crippen molar-refractivity contribution in [1.29, 1.82) is 0 Å². The first-order valence-corrected chi connectivity index (χ1v) is 10.4. The van der Waals surface area contributed by atoms with Crippen LogP contribution >= 0.6 is 12.4 Å². The molecular weight excluding hydrogens is 362 g/mol. The Balaban J connectivity index is 0.00000180. The normalized spacial score (nSPS) is 29.2. The smallest absolute Gasteiger partial charge is 0.255 e. The topological polar surface area (TPSA) is 54.5 Å². The molecule has 5 nitrogen and oxygen atoms in total. The molecule has 1 amide bonds. The van der Waals surface area contributed by atoms with Crippen molar-refractivity contribution < 1.29 is 9.53 Å².